The monoisotopic (exact) mass is 321 g/mol. The first-order chi connectivity index (χ1) is 11.0. The highest BCUT2D eigenvalue weighted by atomic mass is 19.1. The van der Waals surface area contributed by atoms with Crippen LogP contribution in [0, 0.1) is 11.2 Å². The average Bonchev–Trinajstić information content (AvgIpc) is 2.44. The molecule has 0 aromatic heterocycles. The summed E-state index contributed by atoms with van der Waals surface area (Å²) in [7, 11) is 0. The van der Waals surface area contributed by atoms with Crippen molar-refractivity contribution in [3.05, 3.63) is 35.6 Å². The number of nitrogens with one attached hydrogen (secondary N) is 1. The summed E-state index contributed by atoms with van der Waals surface area (Å²) in [5, 5.41) is 13.1. The van der Waals surface area contributed by atoms with Crippen LogP contribution in [0.3, 0.4) is 0 Å². The molecule has 0 radical (unpaired) electrons. The zero-order valence-corrected chi connectivity index (χ0v) is 13.4. The molecule has 1 aromatic carbocycles. The van der Waals surface area contributed by atoms with Gasteiger partial charge in [-0.25, -0.2) is 4.39 Å². The Labute approximate surface area is 136 Å². The van der Waals surface area contributed by atoms with E-state index in [1.807, 2.05) is 6.92 Å². The summed E-state index contributed by atoms with van der Waals surface area (Å²) in [6.07, 6.45) is 3.43. The van der Waals surface area contributed by atoms with Crippen LogP contribution in [0.1, 0.15) is 50.7 Å². The molecular formula is C18H24FNO3. The molecule has 3 rings (SSSR count). The fourth-order valence-electron chi connectivity index (χ4n) is 3.90. The standard InChI is InChI=1S/C18H24FNO3/c1-2-23-16-11-15(18(16)7-4-8-18)20-17(22)10-14(21)12-5-3-6-13(19)9-12/h3,5-6,9,14-16,21H,2,4,7-8,10-11H2,1H3,(H,20,22). The van der Waals surface area contributed by atoms with Crippen molar-refractivity contribution in [1.29, 1.82) is 0 Å². The Hall–Kier alpha value is -1.46. The van der Waals surface area contributed by atoms with E-state index in [0.717, 1.165) is 19.3 Å². The number of aliphatic hydroxyl groups excluding tert-OH is 1. The molecule has 2 N–H and O–H groups in total. The molecule has 126 valence electrons. The summed E-state index contributed by atoms with van der Waals surface area (Å²) in [5.41, 5.74) is 0.537. The second kappa shape index (κ2) is 6.57. The van der Waals surface area contributed by atoms with Crippen LogP contribution in [0.5, 0.6) is 0 Å². The molecule has 1 spiro atoms. The zero-order valence-electron chi connectivity index (χ0n) is 13.4. The van der Waals surface area contributed by atoms with Gasteiger partial charge in [-0.15, -0.1) is 0 Å². The molecule has 5 heteroatoms. The maximum atomic E-state index is 13.2. The number of carbonyl (C=O) groups is 1. The SMILES string of the molecule is CCOC1CC(NC(=O)CC(O)c2cccc(F)c2)C12CCC2. The zero-order chi connectivity index (χ0) is 16.4. The summed E-state index contributed by atoms with van der Waals surface area (Å²) >= 11 is 0. The van der Waals surface area contributed by atoms with Crippen LogP contribution < -0.4 is 5.32 Å². The summed E-state index contributed by atoms with van der Waals surface area (Å²) in [6, 6.07) is 5.88. The molecule has 1 amide bonds. The van der Waals surface area contributed by atoms with Gasteiger partial charge in [0.05, 0.1) is 18.6 Å². The normalized spacial score (nSPS) is 26.2. The third kappa shape index (κ3) is 3.12. The van der Waals surface area contributed by atoms with Crippen molar-refractivity contribution in [3.63, 3.8) is 0 Å². The minimum absolute atomic E-state index is 0.0463. The molecule has 2 aliphatic carbocycles. The van der Waals surface area contributed by atoms with Gasteiger partial charge < -0.3 is 15.2 Å². The second-order valence-corrected chi connectivity index (χ2v) is 6.66. The molecule has 2 saturated carbocycles. The Kier molecular flexibility index (Phi) is 4.69. The Bertz CT molecular complexity index is 573. The van der Waals surface area contributed by atoms with Gasteiger partial charge >= 0.3 is 0 Å². The quantitative estimate of drug-likeness (QED) is 0.847. The topological polar surface area (TPSA) is 58.6 Å². The predicted molar refractivity (Wildman–Crippen MR) is 84.2 cm³/mol. The van der Waals surface area contributed by atoms with Gasteiger partial charge in [0.1, 0.15) is 5.82 Å². The molecule has 3 atom stereocenters. The molecule has 2 fully saturated rings. The second-order valence-electron chi connectivity index (χ2n) is 6.66. The van der Waals surface area contributed by atoms with Crippen molar-refractivity contribution < 1.29 is 19.0 Å². The van der Waals surface area contributed by atoms with Gasteiger partial charge in [-0.2, -0.15) is 0 Å². The number of halogens is 1. The van der Waals surface area contributed by atoms with Crippen LogP contribution in [0.25, 0.3) is 0 Å². The first kappa shape index (κ1) is 16.4. The lowest BCUT2D eigenvalue weighted by atomic mass is 9.51. The van der Waals surface area contributed by atoms with E-state index in [2.05, 4.69) is 5.32 Å². The largest absolute Gasteiger partial charge is 0.388 e. The van der Waals surface area contributed by atoms with E-state index in [-0.39, 0.29) is 29.9 Å². The fraction of sp³-hybridized carbons (Fsp3) is 0.611. The fourth-order valence-corrected chi connectivity index (χ4v) is 3.90. The molecule has 1 aromatic rings. The molecule has 0 aliphatic heterocycles. The van der Waals surface area contributed by atoms with Gasteiger partial charge in [0.2, 0.25) is 5.91 Å². The molecule has 3 unspecified atom stereocenters. The van der Waals surface area contributed by atoms with Crippen molar-refractivity contribution in [1.82, 2.24) is 5.32 Å². The third-order valence-electron chi connectivity index (χ3n) is 5.38. The summed E-state index contributed by atoms with van der Waals surface area (Å²) < 4.78 is 19.0. The van der Waals surface area contributed by atoms with Crippen LogP contribution in [0.2, 0.25) is 0 Å². The van der Waals surface area contributed by atoms with E-state index in [0.29, 0.717) is 12.2 Å². The Morgan fingerprint density at radius 3 is 2.91 bits per heavy atom. The number of benzene rings is 1. The van der Waals surface area contributed by atoms with E-state index in [4.69, 9.17) is 4.74 Å². The van der Waals surface area contributed by atoms with Gasteiger partial charge in [-0.3, -0.25) is 4.79 Å². The molecule has 4 nitrogen and oxygen atoms in total. The lowest BCUT2D eigenvalue weighted by Crippen LogP contribution is -2.67. The maximum absolute atomic E-state index is 13.2. The van der Waals surface area contributed by atoms with Crippen molar-refractivity contribution >= 4 is 5.91 Å². The maximum Gasteiger partial charge on any atom is 0.223 e. The minimum Gasteiger partial charge on any atom is -0.388 e. The van der Waals surface area contributed by atoms with Crippen LogP contribution in [0.15, 0.2) is 24.3 Å². The third-order valence-corrected chi connectivity index (χ3v) is 5.38. The number of hydrogen-bond donors (Lipinski definition) is 2. The summed E-state index contributed by atoms with van der Waals surface area (Å²) in [6.45, 7) is 2.69. The Balaban J connectivity index is 1.54. The highest BCUT2D eigenvalue weighted by Gasteiger charge is 2.59. The van der Waals surface area contributed by atoms with Gasteiger partial charge in [0, 0.05) is 18.1 Å². The van der Waals surface area contributed by atoms with Gasteiger partial charge in [-0.1, -0.05) is 18.6 Å². The molecule has 0 bridgehead atoms. The molecule has 2 aliphatic rings. The van der Waals surface area contributed by atoms with E-state index in [1.165, 1.54) is 24.6 Å². The van der Waals surface area contributed by atoms with Crippen LogP contribution in [-0.4, -0.2) is 29.8 Å². The number of amides is 1. The summed E-state index contributed by atoms with van der Waals surface area (Å²) in [5.74, 6) is -0.595. The summed E-state index contributed by atoms with van der Waals surface area (Å²) in [4.78, 5) is 12.2. The van der Waals surface area contributed by atoms with Gasteiger partial charge in [-0.05, 0) is 43.9 Å². The first-order valence-corrected chi connectivity index (χ1v) is 8.39. The molecule has 23 heavy (non-hydrogen) atoms. The molecular weight excluding hydrogens is 297 g/mol. The van der Waals surface area contributed by atoms with E-state index in [9.17, 15) is 14.3 Å². The van der Waals surface area contributed by atoms with E-state index >= 15 is 0 Å². The lowest BCUT2D eigenvalue weighted by molar-refractivity contribution is -0.176. The number of ether oxygens (including phenoxy) is 1. The van der Waals surface area contributed by atoms with Gasteiger partial charge in [0.25, 0.3) is 0 Å². The molecule has 0 heterocycles. The Morgan fingerprint density at radius 1 is 1.52 bits per heavy atom. The highest BCUT2D eigenvalue weighted by Crippen LogP contribution is 2.57. The number of hydrogen-bond acceptors (Lipinski definition) is 3. The van der Waals surface area contributed by atoms with Crippen molar-refractivity contribution in [2.24, 2.45) is 5.41 Å². The van der Waals surface area contributed by atoms with Crippen molar-refractivity contribution in [2.45, 2.75) is 57.3 Å². The lowest BCUT2D eigenvalue weighted by Gasteiger charge is -2.61. The van der Waals surface area contributed by atoms with E-state index in [1.54, 1.807) is 6.07 Å². The molecule has 0 saturated heterocycles. The first-order valence-electron chi connectivity index (χ1n) is 8.39. The van der Waals surface area contributed by atoms with Crippen molar-refractivity contribution in [2.75, 3.05) is 6.61 Å². The number of aliphatic hydroxyl groups is 1. The average molecular weight is 321 g/mol. The van der Waals surface area contributed by atoms with E-state index < -0.39 is 11.9 Å². The minimum atomic E-state index is -0.981. The Morgan fingerprint density at radius 2 is 2.30 bits per heavy atom. The van der Waals surface area contributed by atoms with Crippen LogP contribution >= 0.6 is 0 Å². The van der Waals surface area contributed by atoms with Crippen molar-refractivity contribution in [3.8, 4) is 0 Å². The smallest absolute Gasteiger partial charge is 0.223 e. The van der Waals surface area contributed by atoms with Crippen LogP contribution in [-0.2, 0) is 9.53 Å². The van der Waals surface area contributed by atoms with Gasteiger partial charge in [0.15, 0.2) is 0 Å². The predicted octanol–water partition coefficient (Wildman–Crippen LogP) is 2.71. The number of rotatable bonds is 6. The highest BCUT2D eigenvalue weighted by molar-refractivity contribution is 5.77. The van der Waals surface area contributed by atoms with Crippen LogP contribution in [0.4, 0.5) is 4.39 Å². The number of carbonyl (C=O) groups excluding carboxylic acids is 1.